The van der Waals surface area contributed by atoms with Gasteiger partial charge in [0.1, 0.15) is 0 Å². The molecule has 2 bridgehead atoms. The molecular formula is C25H22Cl2N2O5. The molecule has 2 saturated carbocycles. The lowest BCUT2D eigenvalue weighted by Crippen LogP contribution is -2.37. The van der Waals surface area contributed by atoms with E-state index in [1.807, 2.05) is 19.1 Å². The molecule has 0 aromatic heterocycles. The standard InChI is InChI=1S/C25H22Cl2N2O5/c1-12-4-2-6-14(8-12)28-18(30)11-34-25(33)13-5-3-7-15(9-13)29-23(31)19-16-10-17(20(19)24(29)32)22(27)21(16)26/h2-9,16-17,19-22H,10-11H2,1H3,(H,28,30)/t16-,17-,19-,20+,21-,22+/m1/s1. The number of rotatable bonds is 5. The van der Waals surface area contributed by atoms with Crippen LogP contribution in [0.5, 0.6) is 0 Å². The Hall–Kier alpha value is -2.90. The fourth-order valence-corrected chi connectivity index (χ4v) is 6.40. The SMILES string of the molecule is Cc1cccc(NC(=O)COC(=O)c2cccc(N3C(=O)[C@@H]4[C@H]5C[C@@H]([C@H](Cl)[C@@H]5Cl)[C@@H]4C3=O)c2)c1. The lowest BCUT2D eigenvalue weighted by atomic mass is 9.80. The molecule has 1 heterocycles. The zero-order valence-electron chi connectivity index (χ0n) is 18.2. The molecule has 7 nitrogen and oxygen atoms in total. The van der Waals surface area contributed by atoms with Crippen LogP contribution in [-0.4, -0.2) is 41.1 Å². The Kier molecular flexibility index (Phi) is 5.86. The van der Waals surface area contributed by atoms with Gasteiger partial charge in [0, 0.05) is 5.69 Å². The predicted octanol–water partition coefficient (Wildman–Crippen LogP) is 3.76. The van der Waals surface area contributed by atoms with Crippen LogP contribution in [0.15, 0.2) is 48.5 Å². The summed E-state index contributed by atoms with van der Waals surface area (Å²) >= 11 is 12.8. The number of amides is 3. The third-order valence-electron chi connectivity index (χ3n) is 6.96. The zero-order valence-corrected chi connectivity index (χ0v) is 19.8. The number of imide groups is 1. The van der Waals surface area contributed by atoms with Crippen molar-refractivity contribution in [2.45, 2.75) is 24.1 Å². The van der Waals surface area contributed by atoms with E-state index in [0.717, 1.165) is 10.5 Å². The van der Waals surface area contributed by atoms with Crippen molar-refractivity contribution >= 4 is 58.3 Å². The molecular weight excluding hydrogens is 479 g/mol. The van der Waals surface area contributed by atoms with Gasteiger partial charge in [-0.05, 0) is 61.1 Å². The van der Waals surface area contributed by atoms with Gasteiger partial charge in [0.25, 0.3) is 5.91 Å². The number of ether oxygens (including phenoxy) is 1. The highest BCUT2D eigenvalue weighted by molar-refractivity contribution is 6.32. The van der Waals surface area contributed by atoms with Gasteiger partial charge in [0.15, 0.2) is 6.61 Å². The van der Waals surface area contributed by atoms with Gasteiger partial charge in [0.2, 0.25) is 11.8 Å². The number of carbonyl (C=O) groups is 4. The molecule has 2 aliphatic carbocycles. The maximum atomic E-state index is 13.2. The smallest absolute Gasteiger partial charge is 0.338 e. The fraction of sp³-hybridized carbons (Fsp3) is 0.360. The maximum Gasteiger partial charge on any atom is 0.338 e. The average molecular weight is 501 g/mol. The summed E-state index contributed by atoms with van der Waals surface area (Å²) in [7, 11) is 0. The van der Waals surface area contributed by atoms with E-state index in [9.17, 15) is 19.2 Å². The summed E-state index contributed by atoms with van der Waals surface area (Å²) < 4.78 is 5.14. The summed E-state index contributed by atoms with van der Waals surface area (Å²) in [6.07, 6.45) is 0.681. The average Bonchev–Trinajstić information content (AvgIpc) is 3.42. The summed E-state index contributed by atoms with van der Waals surface area (Å²) in [6, 6.07) is 13.3. The molecule has 0 spiro atoms. The van der Waals surface area contributed by atoms with Crippen molar-refractivity contribution in [2.24, 2.45) is 23.7 Å². The molecule has 3 aliphatic rings. The van der Waals surface area contributed by atoms with Crippen molar-refractivity contribution in [1.82, 2.24) is 0 Å². The van der Waals surface area contributed by atoms with E-state index in [2.05, 4.69) is 5.32 Å². The summed E-state index contributed by atoms with van der Waals surface area (Å²) in [5, 5.41) is 1.99. The third kappa shape index (κ3) is 3.77. The second-order valence-electron chi connectivity index (χ2n) is 9.06. The third-order valence-corrected chi connectivity index (χ3v) is 8.28. The highest BCUT2D eigenvalue weighted by Crippen LogP contribution is 2.59. The van der Waals surface area contributed by atoms with E-state index in [1.54, 1.807) is 24.3 Å². The number of halogens is 2. The molecule has 1 saturated heterocycles. The Morgan fingerprint density at radius 1 is 1.00 bits per heavy atom. The highest BCUT2D eigenvalue weighted by Gasteiger charge is 2.66. The summed E-state index contributed by atoms with van der Waals surface area (Å²) in [6.45, 7) is 1.43. The molecule has 1 aliphatic heterocycles. The van der Waals surface area contributed by atoms with E-state index in [1.165, 1.54) is 12.1 Å². The number of benzene rings is 2. The first-order chi connectivity index (χ1) is 16.3. The second kappa shape index (κ2) is 8.71. The van der Waals surface area contributed by atoms with Crippen LogP contribution in [0.1, 0.15) is 22.3 Å². The highest BCUT2D eigenvalue weighted by atomic mass is 35.5. The molecule has 9 heteroatoms. The van der Waals surface area contributed by atoms with Crippen LogP contribution >= 0.6 is 23.2 Å². The fourth-order valence-electron chi connectivity index (χ4n) is 5.51. The first-order valence-electron chi connectivity index (χ1n) is 11.1. The zero-order chi connectivity index (χ0) is 24.1. The van der Waals surface area contributed by atoms with Crippen molar-refractivity contribution < 1.29 is 23.9 Å². The quantitative estimate of drug-likeness (QED) is 0.383. The Morgan fingerprint density at radius 2 is 1.65 bits per heavy atom. The van der Waals surface area contributed by atoms with E-state index in [4.69, 9.17) is 27.9 Å². The number of esters is 1. The van der Waals surface area contributed by atoms with Crippen LogP contribution in [0.25, 0.3) is 0 Å². The molecule has 0 radical (unpaired) electrons. The molecule has 1 N–H and O–H groups in total. The number of nitrogens with one attached hydrogen (secondary N) is 1. The normalized spacial score (nSPS) is 29.3. The van der Waals surface area contributed by atoms with Crippen LogP contribution in [-0.2, 0) is 19.1 Å². The minimum atomic E-state index is -0.734. The van der Waals surface area contributed by atoms with Gasteiger partial charge >= 0.3 is 5.97 Å². The van der Waals surface area contributed by atoms with E-state index < -0.39 is 30.3 Å². The van der Waals surface area contributed by atoms with Gasteiger partial charge in [-0.1, -0.05) is 18.2 Å². The Morgan fingerprint density at radius 3 is 2.29 bits per heavy atom. The van der Waals surface area contributed by atoms with Crippen LogP contribution in [0.4, 0.5) is 11.4 Å². The number of hydrogen-bond acceptors (Lipinski definition) is 5. The van der Waals surface area contributed by atoms with Crippen LogP contribution in [0.3, 0.4) is 0 Å². The van der Waals surface area contributed by atoms with E-state index in [-0.39, 0.29) is 40.0 Å². The lowest BCUT2D eigenvalue weighted by molar-refractivity contribution is -0.123. The molecule has 2 aromatic carbocycles. The molecule has 0 unspecified atom stereocenters. The number of alkyl halides is 2. The van der Waals surface area contributed by atoms with Gasteiger partial charge in [-0.15, -0.1) is 23.2 Å². The number of nitrogens with zero attached hydrogens (tertiary/aromatic N) is 1. The molecule has 6 atom stereocenters. The largest absolute Gasteiger partial charge is 0.452 e. The van der Waals surface area contributed by atoms with Gasteiger partial charge in [-0.3, -0.25) is 19.3 Å². The molecule has 3 amide bonds. The Balaban J connectivity index is 1.27. The van der Waals surface area contributed by atoms with Crippen molar-refractivity contribution in [1.29, 1.82) is 0 Å². The second-order valence-corrected chi connectivity index (χ2v) is 10.1. The Bertz CT molecular complexity index is 1170. The van der Waals surface area contributed by atoms with Gasteiger partial charge in [-0.2, -0.15) is 0 Å². The van der Waals surface area contributed by atoms with Crippen LogP contribution in [0, 0.1) is 30.6 Å². The first kappa shape index (κ1) is 22.9. The topological polar surface area (TPSA) is 92.8 Å². The number of aryl methyl sites for hydroxylation is 1. The first-order valence-corrected chi connectivity index (χ1v) is 11.9. The van der Waals surface area contributed by atoms with E-state index in [0.29, 0.717) is 17.8 Å². The Labute approximate surface area is 206 Å². The number of fused-ring (bicyclic) bond motifs is 5. The predicted molar refractivity (Wildman–Crippen MR) is 127 cm³/mol. The van der Waals surface area contributed by atoms with E-state index >= 15 is 0 Å². The molecule has 34 heavy (non-hydrogen) atoms. The van der Waals surface area contributed by atoms with Gasteiger partial charge < -0.3 is 10.1 Å². The molecule has 3 fully saturated rings. The van der Waals surface area contributed by atoms with Gasteiger partial charge in [-0.25, -0.2) is 4.79 Å². The minimum absolute atomic E-state index is 0.124. The minimum Gasteiger partial charge on any atom is -0.452 e. The van der Waals surface area contributed by atoms with Crippen molar-refractivity contribution in [3.8, 4) is 0 Å². The molecule has 2 aromatic rings. The molecule has 5 rings (SSSR count). The number of carbonyl (C=O) groups excluding carboxylic acids is 4. The number of hydrogen-bond donors (Lipinski definition) is 1. The summed E-state index contributed by atoms with van der Waals surface area (Å²) in [5.41, 5.74) is 2.01. The number of anilines is 2. The summed E-state index contributed by atoms with van der Waals surface area (Å²) in [5.74, 6) is -3.02. The monoisotopic (exact) mass is 500 g/mol. The van der Waals surface area contributed by atoms with Crippen molar-refractivity contribution in [2.75, 3.05) is 16.8 Å². The lowest BCUT2D eigenvalue weighted by Gasteiger charge is -2.28. The van der Waals surface area contributed by atoms with Crippen LogP contribution < -0.4 is 10.2 Å². The van der Waals surface area contributed by atoms with Crippen molar-refractivity contribution in [3.63, 3.8) is 0 Å². The van der Waals surface area contributed by atoms with Crippen molar-refractivity contribution in [3.05, 3.63) is 59.7 Å². The molecule has 176 valence electrons. The van der Waals surface area contributed by atoms with Crippen LogP contribution in [0.2, 0.25) is 0 Å². The maximum absolute atomic E-state index is 13.2. The van der Waals surface area contributed by atoms with Gasteiger partial charge in [0.05, 0.1) is 33.8 Å². The summed E-state index contributed by atoms with van der Waals surface area (Å²) in [4.78, 5) is 52.2.